The summed E-state index contributed by atoms with van der Waals surface area (Å²) in [7, 11) is 0. The van der Waals surface area contributed by atoms with Crippen molar-refractivity contribution in [2.75, 3.05) is 26.3 Å². The zero-order valence-corrected chi connectivity index (χ0v) is 14.9. The van der Waals surface area contributed by atoms with Crippen LogP contribution in [0.4, 0.5) is 0 Å². The quantitative estimate of drug-likeness (QED) is 0.863. The van der Waals surface area contributed by atoms with Gasteiger partial charge in [-0.3, -0.25) is 9.59 Å². The van der Waals surface area contributed by atoms with Gasteiger partial charge in [0.15, 0.2) is 6.10 Å². The first-order chi connectivity index (χ1) is 12.0. The van der Waals surface area contributed by atoms with Crippen molar-refractivity contribution in [2.45, 2.75) is 33.3 Å². The molecule has 1 aromatic heterocycles. The number of aryl methyl sites for hydroxylation is 2. The SMILES string of the molecule is Cc1ccc2[nH]c(C)c(CC(=O)OC(C)C(=O)N3CCOCC3)c2c1. The molecule has 1 atom stereocenters. The average Bonchev–Trinajstić information content (AvgIpc) is 2.90. The van der Waals surface area contributed by atoms with E-state index in [1.807, 2.05) is 26.0 Å². The molecule has 1 amide bonds. The van der Waals surface area contributed by atoms with Crippen LogP contribution >= 0.6 is 0 Å². The van der Waals surface area contributed by atoms with E-state index in [0.717, 1.165) is 27.7 Å². The van der Waals surface area contributed by atoms with Gasteiger partial charge in [0.1, 0.15) is 0 Å². The standard InChI is InChI=1S/C19H24N2O4/c1-12-4-5-17-16(10-12)15(13(2)20-17)11-18(22)25-14(3)19(23)21-6-8-24-9-7-21/h4-5,10,14,20H,6-9,11H2,1-3H3. The van der Waals surface area contributed by atoms with Crippen LogP contribution in [0.2, 0.25) is 0 Å². The van der Waals surface area contributed by atoms with E-state index in [1.54, 1.807) is 11.8 Å². The van der Waals surface area contributed by atoms with Crippen LogP contribution in [0.3, 0.4) is 0 Å². The lowest BCUT2D eigenvalue weighted by Gasteiger charge is -2.28. The van der Waals surface area contributed by atoms with E-state index in [2.05, 4.69) is 11.1 Å². The number of carbonyl (C=O) groups is 2. The molecule has 1 aromatic carbocycles. The van der Waals surface area contributed by atoms with Crippen LogP contribution in [0.15, 0.2) is 18.2 Å². The summed E-state index contributed by atoms with van der Waals surface area (Å²) < 4.78 is 10.6. The lowest BCUT2D eigenvalue weighted by Crippen LogP contribution is -2.46. The lowest BCUT2D eigenvalue weighted by molar-refractivity contribution is -0.160. The normalized spacial score (nSPS) is 16.0. The van der Waals surface area contributed by atoms with Crippen molar-refractivity contribution in [2.24, 2.45) is 0 Å². The number of aromatic nitrogens is 1. The number of esters is 1. The summed E-state index contributed by atoms with van der Waals surface area (Å²) in [6.45, 7) is 7.73. The molecule has 6 nitrogen and oxygen atoms in total. The van der Waals surface area contributed by atoms with Crippen LogP contribution in [0.25, 0.3) is 10.9 Å². The molecule has 1 N–H and O–H groups in total. The summed E-state index contributed by atoms with van der Waals surface area (Å²) in [6.07, 6.45) is -0.631. The van der Waals surface area contributed by atoms with Crippen molar-refractivity contribution in [1.29, 1.82) is 0 Å². The van der Waals surface area contributed by atoms with Crippen LogP contribution < -0.4 is 0 Å². The molecular weight excluding hydrogens is 320 g/mol. The fourth-order valence-electron chi connectivity index (χ4n) is 3.20. The Morgan fingerprint density at radius 1 is 1.28 bits per heavy atom. The fourth-order valence-corrected chi connectivity index (χ4v) is 3.20. The second-order valence-electron chi connectivity index (χ2n) is 6.52. The number of benzene rings is 1. The number of hydrogen-bond donors (Lipinski definition) is 1. The zero-order valence-electron chi connectivity index (χ0n) is 14.9. The number of ether oxygens (including phenoxy) is 2. The number of amides is 1. The number of H-pyrrole nitrogens is 1. The molecule has 3 rings (SSSR count). The first kappa shape index (κ1) is 17.5. The van der Waals surface area contributed by atoms with Crippen molar-refractivity contribution in [3.05, 3.63) is 35.0 Å². The van der Waals surface area contributed by atoms with Crippen LogP contribution in [-0.2, 0) is 25.5 Å². The van der Waals surface area contributed by atoms with E-state index in [9.17, 15) is 9.59 Å². The molecule has 2 aromatic rings. The fraction of sp³-hybridized carbons (Fsp3) is 0.474. The van der Waals surface area contributed by atoms with Crippen molar-refractivity contribution in [3.8, 4) is 0 Å². The first-order valence-electron chi connectivity index (χ1n) is 8.59. The van der Waals surface area contributed by atoms with Crippen LogP contribution in [0.1, 0.15) is 23.7 Å². The molecule has 6 heteroatoms. The monoisotopic (exact) mass is 344 g/mol. The maximum absolute atomic E-state index is 12.4. The molecule has 0 radical (unpaired) electrons. The second-order valence-corrected chi connectivity index (χ2v) is 6.52. The third-order valence-electron chi connectivity index (χ3n) is 4.57. The Kier molecular flexibility index (Phi) is 5.08. The predicted octanol–water partition coefficient (Wildman–Crippen LogP) is 2.12. The van der Waals surface area contributed by atoms with E-state index < -0.39 is 6.10 Å². The Morgan fingerprint density at radius 3 is 2.72 bits per heavy atom. The van der Waals surface area contributed by atoms with Crippen LogP contribution in [0, 0.1) is 13.8 Å². The van der Waals surface area contributed by atoms with Gasteiger partial charge < -0.3 is 19.4 Å². The van der Waals surface area contributed by atoms with E-state index in [1.165, 1.54) is 0 Å². The maximum atomic E-state index is 12.4. The molecule has 1 saturated heterocycles. The topological polar surface area (TPSA) is 71.6 Å². The highest BCUT2D eigenvalue weighted by Crippen LogP contribution is 2.24. The van der Waals surface area contributed by atoms with E-state index in [-0.39, 0.29) is 18.3 Å². The van der Waals surface area contributed by atoms with Gasteiger partial charge in [-0.1, -0.05) is 11.6 Å². The number of carbonyl (C=O) groups excluding carboxylic acids is 2. The van der Waals surface area contributed by atoms with Crippen molar-refractivity contribution in [1.82, 2.24) is 9.88 Å². The lowest BCUT2D eigenvalue weighted by atomic mass is 10.1. The van der Waals surface area contributed by atoms with Crippen LogP contribution in [0.5, 0.6) is 0 Å². The Labute approximate surface area is 147 Å². The summed E-state index contributed by atoms with van der Waals surface area (Å²) in [6, 6.07) is 6.10. The summed E-state index contributed by atoms with van der Waals surface area (Å²) in [4.78, 5) is 29.7. The maximum Gasteiger partial charge on any atom is 0.311 e. The molecule has 1 aliphatic heterocycles. The highest BCUT2D eigenvalue weighted by molar-refractivity contribution is 5.90. The summed E-state index contributed by atoms with van der Waals surface area (Å²) in [5, 5.41) is 1.03. The number of rotatable bonds is 4. The minimum Gasteiger partial charge on any atom is -0.452 e. The minimum absolute atomic E-state index is 0.149. The van der Waals surface area contributed by atoms with Gasteiger partial charge in [-0.2, -0.15) is 0 Å². The number of fused-ring (bicyclic) bond motifs is 1. The van der Waals surface area contributed by atoms with E-state index >= 15 is 0 Å². The zero-order chi connectivity index (χ0) is 18.0. The average molecular weight is 344 g/mol. The predicted molar refractivity (Wildman–Crippen MR) is 94.4 cm³/mol. The number of morpholine rings is 1. The summed E-state index contributed by atoms with van der Waals surface area (Å²) in [5.74, 6) is -0.553. The second kappa shape index (κ2) is 7.27. The third-order valence-corrected chi connectivity index (χ3v) is 4.57. The van der Waals surface area contributed by atoms with Gasteiger partial charge in [0.2, 0.25) is 0 Å². The molecule has 0 saturated carbocycles. The van der Waals surface area contributed by atoms with E-state index in [0.29, 0.717) is 26.3 Å². The van der Waals surface area contributed by atoms with Crippen LogP contribution in [-0.4, -0.2) is 54.2 Å². The summed E-state index contributed by atoms with van der Waals surface area (Å²) in [5.41, 5.74) is 4.01. The van der Waals surface area contributed by atoms with Gasteiger partial charge >= 0.3 is 5.97 Å². The molecule has 0 bridgehead atoms. The molecule has 1 aliphatic rings. The minimum atomic E-state index is -0.780. The molecular formula is C19H24N2O4. The van der Waals surface area contributed by atoms with Crippen molar-refractivity contribution >= 4 is 22.8 Å². The number of aromatic amines is 1. The molecule has 1 unspecified atom stereocenters. The third kappa shape index (κ3) is 3.85. The molecule has 0 spiro atoms. The Balaban J connectivity index is 1.67. The molecule has 1 fully saturated rings. The molecule has 134 valence electrons. The van der Waals surface area contributed by atoms with Gasteiger partial charge in [-0.25, -0.2) is 0 Å². The Morgan fingerprint density at radius 2 is 2.00 bits per heavy atom. The van der Waals surface area contributed by atoms with Gasteiger partial charge in [0.25, 0.3) is 5.91 Å². The first-order valence-corrected chi connectivity index (χ1v) is 8.59. The number of nitrogens with one attached hydrogen (secondary N) is 1. The van der Waals surface area contributed by atoms with Gasteiger partial charge in [0, 0.05) is 29.7 Å². The highest BCUT2D eigenvalue weighted by Gasteiger charge is 2.25. The largest absolute Gasteiger partial charge is 0.452 e. The summed E-state index contributed by atoms with van der Waals surface area (Å²) >= 11 is 0. The van der Waals surface area contributed by atoms with Gasteiger partial charge in [-0.15, -0.1) is 0 Å². The molecule has 0 aliphatic carbocycles. The Hall–Kier alpha value is -2.34. The highest BCUT2D eigenvalue weighted by atomic mass is 16.5. The van der Waals surface area contributed by atoms with E-state index in [4.69, 9.17) is 9.47 Å². The number of nitrogens with zero attached hydrogens (tertiary/aromatic N) is 1. The van der Waals surface area contributed by atoms with Crippen molar-refractivity contribution < 1.29 is 19.1 Å². The van der Waals surface area contributed by atoms with Gasteiger partial charge in [-0.05, 0) is 38.5 Å². The molecule has 25 heavy (non-hydrogen) atoms. The molecule has 2 heterocycles. The Bertz CT molecular complexity index is 790. The smallest absolute Gasteiger partial charge is 0.311 e. The number of hydrogen-bond acceptors (Lipinski definition) is 4. The van der Waals surface area contributed by atoms with Gasteiger partial charge in [0.05, 0.1) is 19.6 Å². The van der Waals surface area contributed by atoms with Crippen molar-refractivity contribution in [3.63, 3.8) is 0 Å².